The molecule has 19 heavy (non-hydrogen) atoms. The van der Waals surface area contributed by atoms with Crippen LogP contribution in [0.5, 0.6) is 5.75 Å². The number of aromatic carboxylic acids is 1. The summed E-state index contributed by atoms with van der Waals surface area (Å²) in [5.74, 6) is -0.824. The molecule has 0 unspecified atom stereocenters. The summed E-state index contributed by atoms with van der Waals surface area (Å²) in [6.07, 6.45) is 1.17. The number of carboxylic acids is 1. The molecule has 6 nitrogen and oxygen atoms in total. The molecule has 2 aromatic heterocycles. The maximum atomic E-state index is 11.1. The van der Waals surface area contributed by atoms with Gasteiger partial charge in [-0.2, -0.15) is 0 Å². The Balaban J connectivity index is 2.37. The first-order chi connectivity index (χ1) is 9.09. The lowest BCUT2D eigenvalue weighted by Crippen LogP contribution is -1.96. The van der Waals surface area contributed by atoms with E-state index in [0.29, 0.717) is 22.2 Å². The molecular weight excluding hydrogens is 248 g/mol. The van der Waals surface area contributed by atoms with Gasteiger partial charge in [0.05, 0.1) is 11.7 Å². The molecule has 0 bridgehead atoms. The smallest absolute Gasteiger partial charge is 0.341 e. The molecule has 0 radical (unpaired) electrons. The number of aryl methyl sites for hydroxylation is 1. The van der Waals surface area contributed by atoms with Gasteiger partial charge in [0.2, 0.25) is 0 Å². The van der Waals surface area contributed by atoms with Crippen molar-refractivity contribution >= 4 is 16.9 Å². The van der Waals surface area contributed by atoms with E-state index in [-0.39, 0.29) is 17.1 Å². The molecule has 0 amide bonds. The third kappa shape index (κ3) is 1.57. The number of carbonyl (C=O) groups is 1. The zero-order valence-electron chi connectivity index (χ0n) is 9.97. The molecule has 0 aliphatic heterocycles. The Labute approximate surface area is 107 Å². The fourth-order valence-electron chi connectivity index (χ4n) is 2.20. The number of H-pyrrole nitrogens is 1. The van der Waals surface area contributed by atoms with Crippen LogP contribution in [0, 0.1) is 6.92 Å². The fourth-order valence-corrected chi connectivity index (χ4v) is 2.20. The summed E-state index contributed by atoms with van der Waals surface area (Å²) in [7, 11) is 0. The van der Waals surface area contributed by atoms with Gasteiger partial charge in [-0.25, -0.2) is 4.79 Å². The molecule has 0 aliphatic carbocycles. The third-order valence-corrected chi connectivity index (χ3v) is 3.03. The SMILES string of the molecule is Cc1[nH]c2c(O)cccc2c1-c1oncc1C(=O)O. The van der Waals surface area contributed by atoms with Crippen LogP contribution in [0.15, 0.2) is 28.9 Å². The minimum atomic E-state index is -1.11. The van der Waals surface area contributed by atoms with Gasteiger partial charge in [-0.05, 0) is 13.0 Å². The topological polar surface area (TPSA) is 99.4 Å². The van der Waals surface area contributed by atoms with Crippen LogP contribution >= 0.6 is 0 Å². The number of fused-ring (bicyclic) bond motifs is 1. The number of hydrogen-bond acceptors (Lipinski definition) is 4. The van der Waals surface area contributed by atoms with Gasteiger partial charge in [0.25, 0.3) is 0 Å². The molecule has 0 spiro atoms. The van der Waals surface area contributed by atoms with Crippen molar-refractivity contribution < 1.29 is 19.5 Å². The second kappa shape index (κ2) is 3.88. The molecule has 0 saturated heterocycles. The van der Waals surface area contributed by atoms with Crippen LogP contribution in [0.25, 0.3) is 22.2 Å². The third-order valence-electron chi connectivity index (χ3n) is 3.03. The number of aromatic hydroxyl groups is 1. The van der Waals surface area contributed by atoms with E-state index < -0.39 is 5.97 Å². The standard InChI is InChI=1S/C13H10N2O4/c1-6-10(12-8(13(17)18)5-14-19-12)7-3-2-4-9(16)11(7)15-6/h2-5,15-16H,1H3,(H,17,18). The average molecular weight is 258 g/mol. The fraction of sp³-hybridized carbons (Fsp3) is 0.0769. The van der Waals surface area contributed by atoms with Crippen molar-refractivity contribution in [3.8, 4) is 17.1 Å². The van der Waals surface area contributed by atoms with Gasteiger partial charge in [0, 0.05) is 16.6 Å². The number of nitrogens with zero attached hydrogens (tertiary/aromatic N) is 1. The lowest BCUT2D eigenvalue weighted by atomic mass is 10.1. The van der Waals surface area contributed by atoms with Gasteiger partial charge in [-0.3, -0.25) is 0 Å². The van der Waals surface area contributed by atoms with Crippen LogP contribution in [0.2, 0.25) is 0 Å². The summed E-state index contributed by atoms with van der Waals surface area (Å²) in [5.41, 5.74) is 1.84. The number of benzene rings is 1. The van der Waals surface area contributed by atoms with Gasteiger partial charge in [-0.1, -0.05) is 17.3 Å². The zero-order chi connectivity index (χ0) is 13.6. The average Bonchev–Trinajstić information content (AvgIpc) is 2.93. The second-order valence-corrected chi connectivity index (χ2v) is 4.20. The molecule has 0 saturated carbocycles. The van der Waals surface area contributed by atoms with E-state index in [1.54, 1.807) is 25.1 Å². The van der Waals surface area contributed by atoms with Crippen molar-refractivity contribution in [2.24, 2.45) is 0 Å². The Hall–Kier alpha value is -2.76. The monoisotopic (exact) mass is 258 g/mol. The summed E-state index contributed by atoms with van der Waals surface area (Å²) in [4.78, 5) is 14.2. The van der Waals surface area contributed by atoms with Gasteiger partial charge in [0.15, 0.2) is 5.76 Å². The highest BCUT2D eigenvalue weighted by Gasteiger charge is 2.22. The number of carboxylic acid groups (broad SMARTS) is 1. The van der Waals surface area contributed by atoms with Crippen molar-refractivity contribution in [3.63, 3.8) is 0 Å². The van der Waals surface area contributed by atoms with E-state index in [0.717, 1.165) is 0 Å². The largest absolute Gasteiger partial charge is 0.506 e. The van der Waals surface area contributed by atoms with Crippen molar-refractivity contribution in [1.82, 2.24) is 10.1 Å². The van der Waals surface area contributed by atoms with Crippen LogP contribution < -0.4 is 0 Å². The molecule has 1 aromatic carbocycles. The van der Waals surface area contributed by atoms with Crippen molar-refractivity contribution in [2.45, 2.75) is 6.92 Å². The van der Waals surface area contributed by atoms with E-state index in [1.165, 1.54) is 6.20 Å². The van der Waals surface area contributed by atoms with Crippen LogP contribution in [0.4, 0.5) is 0 Å². The molecule has 3 N–H and O–H groups in total. The molecule has 3 rings (SSSR count). The predicted molar refractivity (Wildman–Crippen MR) is 67.2 cm³/mol. The quantitative estimate of drug-likeness (QED) is 0.656. The number of rotatable bonds is 2. The molecule has 0 fully saturated rings. The number of hydrogen-bond donors (Lipinski definition) is 3. The van der Waals surface area contributed by atoms with Crippen molar-refractivity contribution in [1.29, 1.82) is 0 Å². The maximum Gasteiger partial charge on any atom is 0.341 e. The Bertz CT molecular complexity index is 785. The van der Waals surface area contributed by atoms with E-state index in [1.807, 2.05) is 0 Å². The minimum absolute atomic E-state index is 0.00709. The van der Waals surface area contributed by atoms with Gasteiger partial charge < -0.3 is 19.7 Å². The van der Waals surface area contributed by atoms with E-state index >= 15 is 0 Å². The Kier molecular flexibility index (Phi) is 2.31. The summed E-state index contributed by atoms with van der Waals surface area (Å²) < 4.78 is 5.07. The molecule has 0 aliphatic rings. The summed E-state index contributed by atoms with van der Waals surface area (Å²) in [6, 6.07) is 5.02. The summed E-state index contributed by atoms with van der Waals surface area (Å²) in [5, 5.41) is 23.1. The molecule has 6 heteroatoms. The van der Waals surface area contributed by atoms with E-state index in [2.05, 4.69) is 10.1 Å². The van der Waals surface area contributed by atoms with Crippen molar-refractivity contribution in [2.75, 3.05) is 0 Å². The van der Waals surface area contributed by atoms with Crippen LogP contribution in [-0.2, 0) is 0 Å². The number of nitrogens with one attached hydrogen (secondary N) is 1. The first kappa shape index (κ1) is 11.3. The van der Waals surface area contributed by atoms with E-state index in [4.69, 9.17) is 9.63 Å². The Morgan fingerprint density at radius 2 is 2.21 bits per heavy atom. The van der Waals surface area contributed by atoms with Crippen LogP contribution in [-0.4, -0.2) is 26.3 Å². The number of aromatic nitrogens is 2. The molecule has 96 valence electrons. The normalized spacial score (nSPS) is 11.0. The molecular formula is C13H10N2O4. The summed E-state index contributed by atoms with van der Waals surface area (Å²) in [6.45, 7) is 1.78. The highest BCUT2D eigenvalue weighted by Crippen LogP contribution is 2.37. The minimum Gasteiger partial charge on any atom is -0.506 e. The second-order valence-electron chi connectivity index (χ2n) is 4.20. The first-order valence-electron chi connectivity index (χ1n) is 5.58. The number of phenols is 1. The predicted octanol–water partition coefficient (Wildman–Crippen LogP) is 2.54. The van der Waals surface area contributed by atoms with Crippen LogP contribution in [0.3, 0.4) is 0 Å². The van der Waals surface area contributed by atoms with Crippen LogP contribution in [0.1, 0.15) is 16.1 Å². The summed E-state index contributed by atoms with van der Waals surface area (Å²) >= 11 is 0. The Morgan fingerprint density at radius 1 is 1.42 bits per heavy atom. The highest BCUT2D eigenvalue weighted by atomic mass is 16.5. The zero-order valence-corrected chi connectivity index (χ0v) is 9.97. The van der Waals surface area contributed by atoms with Crippen molar-refractivity contribution in [3.05, 3.63) is 35.7 Å². The maximum absolute atomic E-state index is 11.1. The van der Waals surface area contributed by atoms with Gasteiger partial charge in [0.1, 0.15) is 11.3 Å². The lowest BCUT2D eigenvalue weighted by Gasteiger charge is -1.98. The molecule has 0 atom stereocenters. The number of para-hydroxylation sites is 1. The van der Waals surface area contributed by atoms with Gasteiger partial charge >= 0.3 is 5.97 Å². The van der Waals surface area contributed by atoms with E-state index in [9.17, 15) is 9.90 Å². The lowest BCUT2D eigenvalue weighted by molar-refractivity contribution is 0.0697. The number of aromatic amines is 1. The van der Waals surface area contributed by atoms with Gasteiger partial charge in [-0.15, -0.1) is 0 Å². The highest BCUT2D eigenvalue weighted by molar-refractivity contribution is 6.03. The molecule has 3 aromatic rings. The number of phenolic OH excluding ortho intramolecular Hbond substituents is 1. The molecule has 2 heterocycles. The Morgan fingerprint density at radius 3 is 2.95 bits per heavy atom. The first-order valence-corrected chi connectivity index (χ1v) is 5.58.